The van der Waals surface area contributed by atoms with Gasteiger partial charge in [0, 0.05) is 0 Å². The molecule has 1 aliphatic heterocycles. The summed E-state index contributed by atoms with van der Waals surface area (Å²) >= 11 is 0. The highest BCUT2D eigenvalue weighted by Gasteiger charge is 2.33. The normalized spacial score (nSPS) is 21.7. The predicted octanol–water partition coefficient (Wildman–Crippen LogP) is 0.710. The number of halogens is 3. The van der Waals surface area contributed by atoms with Gasteiger partial charge < -0.3 is 10.6 Å². The topological polar surface area (TPSA) is 97.3 Å². The number of benzene rings is 1. The second kappa shape index (κ2) is 7.72. The average Bonchev–Trinajstić information content (AvgIpc) is 2.58. The van der Waals surface area contributed by atoms with Crippen molar-refractivity contribution in [3.05, 3.63) is 35.4 Å². The molecule has 0 spiro atoms. The first kappa shape index (κ1) is 19.7. The minimum atomic E-state index is -4.48. The minimum absolute atomic E-state index is 0.110. The van der Waals surface area contributed by atoms with Gasteiger partial charge in [-0.25, -0.2) is 0 Å². The Morgan fingerprint density at radius 3 is 2.46 bits per heavy atom. The van der Waals surface area contributed by atoms with Crippen molar-refractivity contribution in [2.24, 2.45) is 0 Å². The number of nitriles is 1. The Labute approximate surface area is 148 Å². The van der Waals surface area contributed by atoms with Gasteiger partial charge in [-0.1, -0.05) is 12.1 Å². The number of nitrogens with one attached hydrogen (secondary N) is 3. The Hall–Kier alpha value is -2.64. The summed E-state index contributed by atoms with van der Waals surface area (Å²) in [6.45, 7) is 0. The second-order valence-electron chi connectivity index (χ2n) is 6.05. The molecule has 3 N–H and O–H groups in total. The molecule has 26 heavy (non-hydrogen) atoms. The summed E-state index contributed by atoms with van der Waals surface area (Å²) in [6, 6.07) is 3.82. The molecule has 0 bridgehead atoms. The van der Waals surface area contributed by atoms with E-state index >= 15 is 0 Å². The second-order valence-corrected chi connectivity index (χ2v) is 6.05. The van der Waals surface area contributed by atoms with Gasteiger partial charge in [0.05, 0.1) is 24.1 Å². The maximum atomic E-state index is 12.6. The highest BCUT2D eigenvalue weighted by atomic mass is 19.4. The van der Waals surface area contributed by atoms with Gasteiger partial charge in [0.2, 0.25) is 11.8 Å². The highest BCUT2D eigenvalue weighted by molar-refractivity contribution is 5.89. The van der Waals surface area contributed by atoms with Crippen molar-refractivity contribution in [1.82, 2.24) is 20.9 Å². The summed E-state index contributed by atoms with van der Waals surface area (Å²) in [6.07, 6.45) is -5.13. The van der Waals surface area contributed by atoms with Crippen molar-refractivity contribution in [3.63, 3.8) is 0 Å². The average molecular weight is 369 g/mol. The van der Waals surface area contributed by atoms with Crippen LogP contribution in [0.5, 0.6) is 0 Å². The molecule has 3 unspecified atom stereocenters. The molecule has 1 aliphatic rings. The van der Waals surface area contributed by atoms with Crippen LogP contribution in [-0.4, -0.2) is 43.1 Å². The van der Waals surface area contributed by atoms with Crippen LogP contribution in [0.15, 0.2) is 24.3 Å². The van der Waals surface area contributed by atoms with Crippen molar-refractivity contribution >= 4 is 11.8 Å². The first-order valence-corrected chi connectivity index (χ1v) is 7.71. The molecule has 0 aromatic heterocycles. The van der Waals surface area contributed by atoms with Crippen LogP contribution in [0, 0.1) is 11.3 Å². The third-order valence-corrected chi connectivity index (χ3v) is 3.87. The van der Waals surface area contributed by atoms with Gasteiger partial charge in [0.25, 0.3) is 0 Å². The molecule has 140 valence electrons. The van der Waals surface area contributed by atoms with E-state index in [4.69, 9.17) is 0 Å². The molecule has 0 aliphatic carbocycles. The van der Waals surface area contributed by atoms with Crippen LogP contribution in [0.4, 0.5) is 13.2 Å². The smallest absolute Gasteiger partial charge is 0.335 e. The number of amides is 2. The molecule has 1 aromatic rings. The maximum Gasteiger partial charge on any atom is 0.416 e. The fourth-order valence-electron chi connectivity index (χ4n) is 2.43. The first-order valence-electron chi connectivity index (χ1n) is 7.71. The van der Waals surface area contributed by atoms with Crippen LogP contribution in [-0.2, 0) is 15.8 Å². The number of carbonyl (C=O) groups is 2. The third-order valence-electron chi connectivity index (χ3n) is 3.87. The Morgan fingerprint density at radius 1 is 1.35 bits per heavy atom. The SMILES string of the molecule is CN(C)C1NC(=O)CC(C(=O)NC(C#N)c2ccc(C(F)(F)F)cc2)N1. The van der Waals surface area contributed by atoms with E-state index in [-0.39, 0.29) is 17.9 Å². The van der Waals surface area contributed by atoms with E-state index in [0.29, 0.717) is 0 Å². The van der Waals surface area contributed by atoms with Crippen molar-refractivity contribution in [2.45, 2.75) is 31.0 Å². The van der Waals surface area contributed by atoms with Gasteiger partial charge in [-0.15, -0.1) is 0 Å². The van der Waals surface area contributed by atoms with E-state index in [2.05, 4.69) is 16.0 Å². The maximum absolute atomic E-state index is 12.6. The Bertz CT molecular complexity index is 712. The van der Waals surface area contributed by atoms with Crippen molar-refractivity contribution < 1.29 is 22.8 Å². The van der Waals surface area contributed by atoms with Crippen LogP contribution >= 0.6 is 0 Å². The van der Waals surface area contributed by atoms with E-state index in [1.165, 1.54) is 0 Å². The molecular weight excluding hydrogens is 351 g/mol. The molecule has 0 radical (unpaired) electrons. The zero-order valence-electron chi connectivity index (χ0n) is 14.1. The molecule has 1 heterocycles. The quantitative estimate of drug-likeness (QED) is 0.726. The summed E-state index contributed by atoms with van der Waals surface area (Å²) < 4.78 is 37.8. The molecule has 7 nitrogen and oxygen atoms in total. The number of carbonyl (C=O) groups excluding carboxylic acids is 2. The van der Waals surface area contributed by atoms with Gasteiger partial charge >= 0.3 is 6.18 Å². The molecule has 1 fully saturated rings. The Morgan fingerprint density at radius 2 is 1.96 bits per heavy atom. The van der Waals surface area contributed by atoms with E-state index in [1.54, 1.807) is 19.0 Å². The molecule has 2 amide bonds. The lowest BCUT2D eigenvalue weighted by molar-refractivity contribution is -0.137. The fourth-order valence-corrected chi connectivity index (χ4v) is 2.43. The number of rotatable bonds is 4. The zero-order valence-corrected chi connectivity index (χ0v) is 14.1. The lowest BCUT2D eigenvalue weighted by atomic mass is 10.0. The molecule has 1 aromatic carbocycles. The van der Waals surface area contributed by atoms with E-state index < -0.39 is 36.0 Å². The lowest BCUT2D eigenvalue weighted by Crippen LogP contribution is -2.65. The van der Waals surface area contributed by atoms with Crippen LogP contribution in [0.2, 0.25) is 0 Å². The summed E-state index contributed by atoms with van der Waals surface area (Å²) in [5, 5.41) is 17.3. The van der Waals surface area contributed by atoms with E-state index in [9.17, 15) is 28.0 Å². The molecule has 2 rings (SSSR count). The summed E-state index contributed by atoms with van der Waals surface area (Å²) in [7, 11) is 3.41. The Balaban J connectivity index is 2.08. The Kier molecular flexibility index (Phi) is 5.84. The summed E-state index contributed by atoms with van der Waals surface area (Å²) in [5.74, 6) is -0.913. The van der Waals surface area contributed by atoms with Gasteiger partial charge in [-0.3, -0.25) is 19.8 Å². The van der Waals surface area contributed by atoms with Crippen LogP contribution < -0.4 is 16.0 Å². The fraction of sp³-hybridized carbons (Fsp3) is 0.438. The van der Waals surface area contributed by atoms with Gasteiger partial charge in [-0.05, 0) is 31.8 Å². The molecule has 0 saturated carbocycles. The van der Waals surface area contributed by atoms with Crippen LogP contribution in [0.25, 0.3) is 0 Å². The van der Waals surface area contributed by atoms with Gasteiger partial charge in [-0.2, -0.15) is 18.4 Å². The molecular formula is C16H18F3N5O2. The largest absolute Gasteiger partial charge is 0.416 e. The standard InChI is InChI=1S/C16H18F3N5O2/c1-24(2)15-22-11(7-13(25)23-15)14(26)21-12(8-20)9-3-5-10(6-4-9)16(17,18)19/h3-6,11-12,15,22H,7H2,1-2H3,(H,21,26)(H,23,25). The summed E-state index contributed by atoms with van der Waals surface area (Å²) in [4.78, 5) is 25.8. The van der Waals surface area contributed by atoms with Crippen molar-refractivity contribution in [2.75, 3.05) is 14.1 Å². The summed E-state index contributed by atoms with van der Waals surface area (Å²) in [5.41, 5.74) is -0.623. The number of alkyl halides is 3. The third kappa shape index (κ3) is 4.71. The predicted molar refractivity (Wildman–Crippen MR) is 85.1 cm³/mol. The van der Waals surface area contributed by atoms with Crippen molar-refractivity contribution in [3.8, 4) is 6.07 Å². The van der Waals surface area contributed by atoms with Crippen LogP contribution in [0.1, 0.15) is 23.6 Å². The van der Waals surface area contributed by atoms with E-state index in [0.717, 1.165) is 24.3 Å². The van der Waals surface area contributed by atoms with Gasteiger partial charge in [0.15, 0.2) is 0 Å². The van der Waals surface area contributed by atoms with Crippen LogP contribution in [0.3, 0.4) is 0 Å². The first-order chi connectivity index (χ1) is 12.1. The molecule has 10 heteroatoms. The number of hydrogen-bond donors (Lipinski definition) is 3. The monoisotopic (exact) mass is 369 g/mol. The number of nitrogens with zero attached hydrogens (tertiary/aromatic N) is 2. The lowest BCUT2D eigenvalue weighted by Gasteiger charge is -2.34. The van der Waals surface area contributed by atoms with Gasteiger partial charge in [0.1, 0.15) is 12.3 Å². The highest BCUT2D eigenvalue weighted by Crippen LogP contribution is 2.29. The zero-order chi connectivity index (χ0) is 19.5. The number of hydrogen-bond acceptors (Lipinski definition) is 5. The molecule has 1 saturated heterocycles. The molecule has 3 atom stereocenters. The van der Waals surface area contributed by atoms with E-state index in [1.807, 2.05) is 6.07 Å². The van der Waals surface area contributed by atoms with Crippen molar-refractivity contribution in [1.29, 1.82) is 5.26 Å². The minimum Gasteiger partial charge on any atom is -0.335 e.